The van der Waals surface area contributed by atoms with E-state index in [0.717, 1.165) is 26.2 Å². The third-order valence-corrected chi connectivity index (χ3v) is 4.23. The molecule has 0 amide bonds. The number of halogens is 1. The molecule has 88 valence electrons. The molecule has 1 heterocycles. The largest absolute Gasteiger partial charge is 0.314 e. The first-order chi connectivity index (χ1) is 7.68. The molecule has 2 rings (SSSR count). The van der Waals surface area contributed by atoms with E-state index in [9.17, 15) is 0 Å². The molecule has 0 spiro atoms. The van der Waals surface area contributed by atoms with E-state index in [1.165, 1.54) is 15.6 Å². The highest BCUT2D eigenvalue weighted by molar-refractivity contribution is 9.10. The van der Waals surface area contributed by atoms with Crippen molar-refractivity contribution >= 4 is 15.9 Å². The summed E-state index contributed by atoms with van der Waals surface area (Å²) in [5, 5.41) is 3.39. The summed E-state index contributed by atoms with van der Waals surface area (Å²) in [6, 6.07) is 7.20. The predicted molar refractivity (Wildman–Crippen MR) is 71.7 cm³/mol. The summed E-state index contributed by atoms with van der Waals surface area (Å²) in [7, 11) is 0. The Bertz CT molecular complexity index is 359. The number of rotatable bonds is 2. The standard InChI is InChI=1S/C13H19BrN2/c1-10-3-4-12(9-13(10)14)11(2)16-7-5-15-6-8-16/h3-4,9,11,15H,5-8H2,1-2H3. The second-order valence-electron chi connectivity index (χ2n) is 4.47. The van der Waals surface area contributed by atoms with Gasteiger partial charge in [-0.05, 0) is 31.0 Å². The molecule has 0 bridgehead atoms. The highest BCUT2D eigenvalue weighted by Crippen LogP contribution is 2.25. The average Bonchev–Trinajstić information content (AvgIpc) is 2.33. The summed E-state index contributed by atoms with van der Waals surface area (Å²) in [6.45, 7) is 8.93. The van der Waals surface area contributed by atoms with Crippen LogP contribution in [0.1, 0.15) is 24.1 Å². The highest BCUT2D eigenvalue weighted by Gasteiger charge is 2.17. The molecule has 0 saturated carbocycles. The van der Waals surface area contributed by atoms with Gasteiger partial charge in [-0.15, -0.1) is 0 Å². The van der Waals surface area contributed by atoms with Crippen LogP contribution >= 0.6 is 15.9 Å². The third kappa shape index (κ3) is 2.65. The van der Waals surface area contributed by atoms with Gasteiger partial charge in [0, 0.05) is 36.7 Å². The lowest BCUT2D eigenvalue weighted by Crippen LogP contribution is -2.44. The number of nitrogens with one attached hydrogen (secondary N) is 1. The van der Waals surface area contributed by atoms with Crippen molar-refractivity contribution in [2.24, 2.45) is 0 Å². The van der Waals surface area contributed by atoms with Crippen LogP contribution in [0.4, 0.5) is 0 Å². The summed E-state index contributed by atoms with van der Waals surface area (Å²) in [6.07, 6.45) is 0. The molecule has 1 aromatic carbocycles. The number of hydrogen-bond acceptors (Lipinski definition) is 2. The van der Waals surface area contributed by atoms with Gasteiger partial charge in [-0.2, -0.15) is 0 Å². The van der Waals surface area contributed by atoms with Crippen molar-refractivity contribution in [3.63, 3.8) is 0 Å². The molecule has 0 aliphatic carbocycles. The Morgan fingerprint density at radius 3 is 2.62 bits per heavy atom. The fraction of sp³-hybridized carbons (Fsp3) is 0.538. The smallest absolute Gasteiger partial charge is 0.0321 e. The average molecular weight is 283 g/mol. The second kappa shape index (κ2) is 5.30. The van der Waals surface area contributed by atoms with Gasteiger partial charge >= 0.3 is 0 Å². The molecule has 0 aromatic heterocycles. The number of nitrogens with zero attached hydrogens (tertiary/aromatic N) is 1. The van der Waals surface area contributed by atoms with Crippen LogP contribution in [0.25, 0.3) is 0 Å². The highest BCUT2D eigenvalue weighted by atomic mass is 79.9. The lowest BCUT2D eigenvalue weighted by Gasteiger charge is -2.33. The molecule has 1 saturated heterocycles. The number of piperazine rings is 1. The van der Waals surface area contributed by atoms with Gasteiger partial charge in [-0.3, -0.25) is 4.90 Å². The summed E-state index contributed by atoms with van der Waals surface area (Å²) < 4.78 is 1.21. The molecule has 1 atom stereocenters. The first-order valence-corrected chi connectivity index (χ1v) is 6.68. The molecule has 1 aromatic rings. The van der Waals surface area contributed by atoms with Crippen molar-refractivity contribution < 1.29 is 0 Å². The molecule has 1 aliphatic rings. The minimum Gasteiger partial charge on any atom is -0.314 e. The summed E-state index contributed by atoms with van der Waals surface area (Å²) in [5.41, 5.74) is 2.70. The van der Waals surface area contributed by atoms with Gasteiger partial charge < -0.3 is 5.32 Å². The van der Waals surface area contributed by atoms with Crippen molar-refractivity contribution in [3.8, 4) is 0 Å². The summed E-state index contributed by atoms with van der Waals surface area (Å²) >= 11 is 3.61. The van der Waals surface area contributed by atoms with Crippen molar-refractivity contribution in [1.29, 1.82) is 0 Å². The maximum absolute atomic E-state index is 3.61. The zero-order valence-corrected chi connectivity index (χ0v) is 11.5. The molecule has 1 N–H and O–H groups in total. The normalized spacial score (nSPS) is 19.7. The monoisotopic (exact) mass is 282 g/mol. The maximum atomic E-state index is 3.61. The lowest BCUT2D eigenvalue weighted by atomic mass is 10.0. The van der Waals surface area contributed by atoms with Crippen LogP contribution in [0, 0.1) is 6.92 Å². The molecule has 2 nitrogen and oxygen atoms in total. The Kier molecular flexibility index (Phi) is 4.00. The Hall–Kier alpha value is -0.380. The van der Waals surface area contributed by atoms with Gasteiger partial charge in [0.25, 0.3) is 0 Å². The Labute approximate surface area is 106 Å². The minimum atomic E-state index is 0.513. The van der Waals surface area contributed by atoms with Crippen LogP contribution < -0.4 is 5.32 Å². The summed E-state index contributed by atoms with van der Waals surface area (Å²) in [5.74, 6) is 0. The van der Waals surface area contributed by atoms with Crippen molar-refractivity contribution in [1.82, 2.24) is 10.2 Å². The van der Waals surface area contributed by atoms with Crippen molar-refractivity contribution in [2.75, 3.05) is 26.2 Å². The lowest BCUT2D eigenvalue weighted by molar-refractivity contribution is 0.185. The molecule has 16 heavy (non-hydrogen) atoms. The van der Waals surface area contributed by atoms with E-state index in [-0.39, 0.29) is 0 Å². The molecule has 0 radical (unpaired) electrons. The number of aryl methyl sites for hydroxylation is 1. The van der Waals surface area contributed by atoms with E-state index in [1.807, 2.05) is 0 Å². The van der Waals surface area contributed by atoms with Gasteiger partial charge in [0.05, 0.1) is 0 Å². The van der Waals surface area contributed by atoms with E-state index in [0.29, 0.717) is 6.04 Å². The van der Waals surface area contributed by atoms with E-state index in [4.69, 9.17) is 0 Å². The molecule has 1 aliphatic heterocycles. The van der Waals surface area contributed by atoms with Crippen molar-refractivity contribution in [3.05, 3.63) is 33.8 Å². The van der Waals surface area contributed by atoms with Crippen LogP contribution in [0.5, 0.6) is 0 Å². The molecule has 1 unspecified atom stereocenters. The fourth-order valence-electron chi connectivity index (χ4n) is 2.15. The van der Waals surface area contributed by atoms with Gasteiger partial charge in [0.15, 0.2) is 0 Å². The van der Waals surface area contributed by atoms with Crippen molar-refractivity contribution in [2.45, 2.75) is 19.9 Å². The van der Waals surface area contributed by atoms with Crippen LogP contribution in [-0.2, 0) is 0 Å². The van der Waals surface area contributed by atoms with E-state index in [2.05, 4.69) is 58.2 Å². The Morgan fingerprint density at radius 1 is 1.31 bits per heavy atom. The van der Waals surface area contributed by atoms with Gasteiger partial charge in [0.2, 0.25) is 0 Å². The van der Waals surface area contributed by atoms with Crippen LogP contribution in [0.15, 0.2) is 22.7 Å². The first kappa shape index (κ1) is 12.1. The topological polar surface area (TPSA) is 15.3 Å². The zero-order chi connectivity index (χ0) is 11.5. The number of hydrogen-bond donors (Lipinski definition) is 1. The Balaban J connectivity index is 2.12. The molecule has 3 heteroatoms. The first-order valence-electron chi connectivity index (χ1n) is 5.89. The maximum Gasteiger partial charge on any atom is 0.0321 e. The Morgan fingerprint density at radius 2 is 2.00 bits per heavy atom. The number of benzene rings is 1. The van der Waals surface area contributed by atoms with Crippen LogP contribution in [-0.4, -0.2) is 31.1 Å². The minimum absolute atomic E-state index is 0.513. The zero-order valence-electron chi connectivity index (χ0n) is 9.96. The molecular weight excluding hydrogens is 264 g/mol. The quantitative estimate of drug-likeness (QED) is 0.897. The SMILES string of the molecule is Cc1ccc(C(C)N2CCNCC2)cc1Br. The van der Waals surface area contributed by atoms with Crippen LogP contribution in [0.2, 0.25) is 0 Å². The van der Waals surface area contributed by atoms with Gasteiger partial charge in [-0.25, -0.2) is 0 Å². The summed E-state index contributed by atoms with van der Waals surface area (Å²) in [4.78, 5) is 2.54. The van der Waals surface area contributed by atoms with Crippen LogP contribution in [0.3, 0.4) is 0 Å². The van der Waals surface area contributed by atoms with Gasteiger partial charge in [0.1, 0.15) is 0 Å². The van der Waals surface area contributed by atoms with E-state index in [1.54, 1.807) is 0 Å². The molecular formula is C13H19BrN2. The molecule has 1 fully saturated rings. The van der Waals surface area contributed by atoms with E-state index >= 15 is 0 Å². The predicted octanol–water partition coefficient (Wildman–Crippen LogP) is 2.72. The second-order valence-corrected chi connectivity index (χ2v) is 5.32. The third-order valence-electron chi connectivity index (χ3n) is 3.38. The van der Waals surface area contributed by atoms with E-state index < -0.39 is 0 Å². The fourth-order valence-corrected chi connectivity index (χ4v) is 2.55. The van der Waals surface area contributed by atoms with Gasteiger partial charge in [-0.1, -0.05) is 28.1 Å².